The third kappa shape index (κ3) is 2.76. The first-order valence-electron chi connectivity index (χ1n) is 7.49. The summed E-state index contributed by atoms with van der Waals surface area (Å²) in [5.41, 5.74) is 3.94. The Bertz CT molecular complexity index is 534. The van der Waals surface area contributed by atoms with Crippen LogP contribution in [0.1, 0.15) is 61.4 Å². The molecule has 3 nitrogen and oxygen atoms in total. The van der Waals surface area contributed by atoms with Crippen molar-refractivity contribution in [1.29, 1.82) is 0 Å². The molecule has 0 amide bonds. The van der Waals surface area contributed by atoms with Gasteiger partial charge in [-0.15, -0.1) is 5.10 Å². The van der Waals surface area contributed by atoms with E-state index < -0.39 is 0 Å². The largest absolute Gasteiger partial charge is 0.305 e. The Kier molecular flexibility index (Phi) is 4.43. The average Bonchev–Trinajstić information content (AvgIpc) is 2.93. The highest BCUT2D eigenvalue weighted by Gasteiger charge is 2.26. The van der Waals surface area contributed by atoms with Gasteiger partial charge >= 0.3 is 0 Å². The summed E-state index contributed by atoms with van der Waals surface area (Å²) in [5, 5.41) is 9.99. The van der Waals surface area contributed by atoms with Crippen molar-refractivity contribution in [3.05, 3.63) is 46.5 Å². The molecule has 1 heterocycles. The molecule has 0 aliphatic heterocycles. The van der Waals surface area contributed by atoms with E-state index in [0.29, 0.717) is 0 Å². The van der Waals surface area contributed by atoms with E-state index >= 15 is 0 Å². The van der Waals surface area contributed by atoms with Crippen LogP contribution in [0.5, 0.6) is 0 Å². The maximum atomic E-state index is 4.30. The SMILES string of the molecule is CCCNC(c1csnn1)c1ccccc1C1CCC1. The molecule has 0 bridgehead atoms. The van der Waals surface area contributed by atoms with Crippen molar-refractivity contribution in [1.82, 2.24) is 14.9 Å². The Morgan fingerprint density at radius 2 is 2.20 bits per heavy atom. The van der Waals surface area contributed by atoms with Crippen LogP contribution in [0, 0.1) is 0 Å². The van der Waals surface area contributed by atoms with Gasteiger partial charge in [0, 0.05) is 5.38 Å². The number of nitrogens with zero attached hydrogens (tertiary/aromatic N) is 2. The molecule has 1 saturated carbocycles. The molecular weight excluding hydrogens is 266 g/mol. The Hall–Kier alpha value is -1.26. The van der Waals surface area contributed by atoms with Crippen molar-refractivity contribution in [2.75, 3.05) is 6.54 Å². The minimum Gasteiger partial charge on any atom is -0.305 e. The molecule has 1 unspecified atom stereocenters. The molecule has 3 rings (SSSR count). The lowest BCUT2D eigenvalue weighted by atomic mass is 9.77. The number of hydrogen-bond acceptors (Lipinski definition) is 4. The molecule has 0 radical (unpaired) electrons. The fourth-order valence-electron chi connectivity index (χ4n) is 2.82. The maximum Gasteiger partial charge on any atom is 0.0970 e. The molecular formula is C16H21N3S. The van der Waals surface area contributed by atoms with Crippen molar-refractivity contribution in [3.8, 4) is 0 Å². The molecule has 106 valence electrons. The summed E-state index contributed by atoms with van der Waals surface area (Å²) in [5.74, 6) is 0.740. The van der Waals surface area contributed by atoms with Gasteiger partial charge in [0.05, 0.1) is 11.7 Å². The summed E-state index contributed by atoms with van der Waals surface area (Å²) in [6.45, 7) is 3.20. The summed E-state index contributed by atoms with van der Waals surface area (Å²) < 4.78 is 4.04. The monoisotopic (exact) mass is 287 g/mol. The fourth-order valence-corrected chi connectivity index (χ4v) is 3.30. The molecule has 1 N–H and O–H groups in total. The fraction of sp³-hybridized carbons (Fsp3) is 0.500. The Balaban J connectivity index is 1.94. The quantitative estimate of drug-likeness (QED) is 0.875. The maximum absolute atomic E-state index is 4.30. The Labute approximate surface area is 124 Å². The highest BCUT2D eigenvalue weighted by atomic mass is 32.1. The van der Waals surface area contributed by atoms with E-state index in [-0.39, 0.29) is 6.04 Å². The summed E-state index contributed by atoms with van der Waals surface area (Å²) in [4.78, 5) is 0. The summed E-state index contributed by atoms with van der Waals surface area (Å²) in [6.07, 6.45) is 5.14. The van der Waals surface area contributed by atoms with Crippen molar-refractivity contribution < 1.29 is 0 Å². The van der Waals surface area contributed by atoms with Gasteiger partial charge < -0.3 is 5.32 Å². The molecule has 1 aliphatic rings. The second-order valence-corrected chi connectivity index (χ2v) is 6.08. The predicted octanol–water partition coefficient (Wildman–Crippen LogP) is 3.89. The van der Waals surface area contributed by atoms with E-state index in [9.17, 15) is 0 Å². The lowest BCUT2D eigenvalue weighted by Gasteiger charge is -2.30. The van der Waals surface area contributed by atoms with E-state index in [0.717, 1.165) is 24.6 Å². The summed E-state index contributed by atoms with van der Waals surface area (Å²) in [7, 11) is 0. The predicted molar refractivity (Wildman–Crippen MR) is 83.1 cm³/mol. The smallest absolute Gasteiger partial charge is 0.0970 e. The van der Waals surface area contributed by atoms with Crippen molar-refractivity contribution >= 4 is 11.5 Å². The van der Waals surface area contributed by atoms with Crippen LogP contribution in [0.4, 0.5) is 0 Å². The minimum absolute atomic E-state index is 0.186. The highest BCUT2D eigenvalue weighted by molar-refractivity contribution is 7.03. The number of benzene rings is 1. The lowest BCUT2D eigenvalue weighted by Crippen LogP contribution is -2.26. The number of nitrogens with one attached hydrogen (secondary N) is 1. The van der Waals surface area contributed by atoms with Crippen LogP contribution in [-0.4, -0.2) is 16.1 Å². The van der Waals surface area contributed by atoms with Crippen LogP contribution in [0.15, 0.2) is 29.6 Å². The van der Waals surface area contributed by atoms with Gasteiger partial charge in [-0.3, -0.25) is 0 Å². The number of aromatic nitrogens is 2. The molecule has 4 heteroatoms. The third-order valence-corrected chi connectivity index (χ3v) is 4.65. The second kappa shape index (κ2) is 6.46. The molecule has 2 aromatic rings. The van der Waals surface area contributed by atoms with Crippen LogP contribution in [0.25, 0.3) is 0 Å². The van der Waals surface area contributed by atoms with E-state index in [1.165, 1.54) is 41.9 Å². The molecule has 20 heavy (non-hydrogen) atoms. The van der Waals surface area contributed by atoms with Crippen LogP contribution < -0.4 is 5.32 Å². The Morgan fingerprint density at radius 3 is 2.85 bits per heavy atom. The molecule has 1 fully saturated rings. The van der Waals surface area contributed by atoms with Gasteiger partial charge in [0.15, 0.2) is 0 Å². The lowest BCUT2D eigenvalue weighted by molar-refractivity contribution is 0.413. The van der Waals surface area contributed by atoms with Crippen molar-refractivity contribution in [2.45, 2.75) is 44.6 Å². The summed E-state index contributed by atoms with van der Waals surface area (Å²) >= 11 is 1.43. The normalized spacial score (nSPS) is 16.9. The Morgan fingerprint density at radius 1 is 1.35 bits per heavy atom. The first-order chi connectivity index (χ1) is 9.90. The molecule has 1 aromatic heterocycles. The van der Waals surface area contributed by atoms with Gasteiger partial charge in [-0.2, -0.15) is 0 Å². The molecule has 0 saturated heterocycles. The average molecular weight is 287 g/mol. The van der Waals surface area contributed by atoms with Crippen LogP contribution in [0.2, 0.25) is 0 Å². The van der Waals surface area contributed by atoms with E-state index in [1.54, 1.807) is 0 Å². The minimum atomic E-state index is 0.186. The standard InChI is InChI=1S/C16H21N3S/c1-2-10-17-16(15-11-20-19-18-15)14-9-4-3-8-13(14)12-6-5-7-12/h3-4,8-9,11-12,16-17H,2,5-7,10H2,1H3. The first-order valence-corrected chi connectivity index (χ1v) is 8.33. The van der Waals surface area contributed by atoms with Gasteiger partial charge in [-0.05, 0) is 54.4 Å². The molecule has 1 aliphatic carbocycles. The number of hydrogen-bond donors (Lipinski definition) is 1. The zero-order chi connectivity index (χ0) is 13.8. The zero-order valence-electron chi connectivity index (χ0n) is 11.9. The second-order valence-electron chi connectivity index (χ2n) is 5.47. The number of rotatable bonds is 6. The molecule has 1 aromatic carbocycles. The summed E-state index contributed by atoms with van der Waals surface area (Å²) in [6, 6.07) is 9.02. The van der Waals surface area contributed by atoms with Gasteiger partial charge in [-0.1, -0.05) is 42.1 Å². The third-order valence-electron chi connectivity index (χ3n) is 4.12. The van der Waals surface area contributed by atoms with E-state index in [4.69, 9.17) is 0 Å². The van der Waals surface area contributed by atoms with E-state index in [1.807, 2.05) is 0 Å². The molecule has 0 spiro atoms. The van der Waals surface area contributed by atoms with Gasteiger partial charge in [0.2, 0.25) is 0 Å². The first kappa shape index (κ1) is 13.7. The van der Waals surface area contributed by atoms with Gasteiger partial charge in [-0.25, -0.2) is 0 Å². The molecule has 1 atom stereocenters. The topological polar surface area (TPSA) is 37.8 Å². The van der Waals surface area contributed by atoms with Crippen molar-refractivity contribution in [3.63, 3.8) is 0 Å². The van der Waals surface area contributed by atoms with Crippen LogP contribution in [-0.2, 0) is 0 Å². The highest BCUT2D eigenvalue weighted by Crippen LogP contribution is 2.40. The zero-order valence-corrected chi connectivity index (χ0v) is 12.7. The van der Waals surface area contributed by atoms with Gasteiger partial charge in [0.1, 0.15) is 0 Å². The van der Waals surface area contributed by atoms with Crippen LogP contribution >= 0.6 is 11.5 Å². The van der Waals surface area contributed by atoms with Crippen molar-refractivity contribution in [2.24, 2.45) is 0 Å². The van der Waals surface area contributed by atoms with Crippen LogP contribution in [0.3, 0.4) is 0 Å². The van der Waals surface area contributed by atoms with Gasteiger partial charge in [0.25, 0.3) is 0 Å². The van der Waals surface area contributed by atoms with E-state index in [2.05, 4.69) is 51.5 Å².